The molecule has 1 aromatic rings. The molecular formula is C18H29ClN2O3. The first kappa shape index (κ1) is 20.7. The molecule has 0 aliphatic carbocycles. The lowest BCUT2D eigenvalue weighted by Gasteiger charge is -2.20. The van der Waals surface area contributed by atoms with Crippen molar-refractivity contribution in [3.05, 3.63) is 29.8 Å². The average Bonchev–Trinajstić information content (AvgIpc) is 3.00. The highest BCUT2D eigenvalue weighted by Crippen LogP contribution is 2.25. The molecule has 1 heterocycles. The fraction of sp³-hybridized carbons (Fsp3) is 0.611. The van der Waals surface area contributed by atoms with E-state index >= 15 is 0 Å². The first-order valence-electron chi connectivity index (χ1n) is 8.26. The van der Waals surface area contributed by atoms with Crippen LogP contribution in [0, 0.1) is 0 Å². The minimum Gasteiger partial charge on any atom is -0.492 e. The molecule has 1 saturated heterocycles. The van der Waals surface area contributed by atoms with Crippen molar-refractivity contribution in [1.29, 1.82) is 0 Å². The van der Waals surface area contributed by atoms with Crippen LogP contribution in [0.1, 0.15) is 39.2 Å². The number of hydrogen-bond donors (Lipinski definition) is 2. The molecule has 6 heteroatoms. The number of carbonyl (C=O) groups excluding carboxylic acids is 1. The summed E-state index contributed by atoms with van der Waals surface area (Å²) in [5.41, 5.74) is 6.87. The Kier molecular flexibility index (Phi) is 8.00. The molecule has 0 spiro atoms. The quantitative estimate of drug-likeness (QED) is 0.768. The fourth-order valence-electron chi connectivity index (χ4n) is 2.58. The fourth-order valence-corrected chi connectivity index (χ4v) is 2.58. The largest absolute Gasteiger partial charge is 0.492 e. The highest BCUT2D eigenvalue weighted by molar-refractivity contribution is 5.85. The molecule has 0 saturated carbocycles. The summed E-state index contributed by atoms with van der Waals surface area (Å²) in [6, 6.07) is 8.07. The van der Waals surface area contributed by atoms with Crippen molar-refractivity contribution < 1.29 is 14.3 Å². The molecule has 5 nitrogen and oxygen atoms in total. The Morgan fingerprint density at radius 3 is 2.75 bits per heavy atom. The summed E-state index contributed by atoms with van der Waals surface area (Å²) in [7, 11) is 0. The topological polar surface area (TPSA) is 73.6 Å². The van der Waals surface area contributed by atoms with E-state index in [1.807, 2.05) is 18.2 Å². The Labute approximate surface area is 150 Å². The second kappa shape index (κ2) is 9.25. The van der Waals surface area contributed by atoms with Gasteiger partial charge in [-0.2, -0.15) is 0 Å². The second-order valence-electron chi connectivity index (χ2n) is 6.98. The number of carbonyl (C=O) groups is 1. The van der Waals surface area contributed by atoms with Gasteiger partial charge >= 0.3 is 0 Å². The van der Waals surface area contributed by atoms with Gasteiger partial charge in [-0.15, -0.1) is 12.4 Å². The van der Waals surface area contributed by atoms with Gasteiger partial charge in [0.1, 0.15) is 18.5 Å². The van der Waals surface area contributed by atoms with Gasteiger partial charge in [0.05, 0.1) is 12.6 Å². The van der Waals surface area contributed by atoms with Crippen LogP contribution in [0.25, 0.3) is 0 Å². The summed E-state index contributed by atoms with van der Waals surface area (Å²) in [4.78, 5) is 12.0. The molecule has 0 aromatic heterocycles. The van der Waals surface area contributed by atoms with Crippen LogP contribution in [0.15, 0.2) is 24.3 Å². The monoisotopic (exact) mass is 356 g/mol. The van der Waals surface area contributed by atoms with Crippen molar-refractivity contribution in [2.45, 2.75) is 51.2 Å². The molecule has 0 radical (unpaired) electrons. The summed E-state index contributed by atoms with van der Waals surface area (Å²) in [6.07, 6.45) is 1.24. The molecule has 1 aromatic carbocycles. The highest BCUT2D eigenvalue weighted by atomic mass is 35.5. The Bertz CT molecular complexity index is 531. The average molecular weight is 357 g/mol. The van der Waals surface area contributed by atoms with E-state index in [2.05, 4.69) is 32.2 Å². The van der Waals surface area contributed by atoms with Crippen LogP contribution >= 0.6 is 12.4 Å². The van der Waals surface area contributed by atoms with Gasteiger partial charge in [0, 0.05) is 6.54 Å². The third-order valence-corrected chi connectivity index (χ3v) is 4.03. The van der Waals surface area contributed by atoms with Crippen LogP contribution in [0.5, 0.6) is 5.75 Å². The van der Waals surface area contributed by atoms with E-state index in [1.54, 1.807) is 0 Å². The molecule has 3 N–H and O–H groups in total. The van der Waals surface area contributed by atoms with Crippen molar-refractivity contribution in [2.75, 3.05) is 19.7 Å². The van der Waals surface area contributed by atoms with Gasteiger partial charge in [0.15, 0.2) is 0 Å². The molecule has 1 aliphatic rings. The maximum absolute atomic E-state index is 12.0. The number of hydrogen-bond acceptors (Lipinski definition) is 4. The molecule has 1 aliphatic heterocycles. The minimum absolute atomic E-state index is 0. The van der Waals surface area contributed by atoms with Gasteiger partial charge in [0.25, 0.3) is 0 Å². The number of ether oxygens (including phenoxy) is 2. The molecule has 0 unspecified atom stereocenters. The van der Waals surface area contributed by atoms with E-state index < -0.39 is 0 Å². The van der Waals surface area contributed by atoms with Crippen LogP contribution in [0.3, 0.4) is 0 Å². The van der Waals surface area contributed by atoms with Crippen LogP contribution in [-0.4, -0.2) is 37.8 Å². The predicted molar refractivity (Wildman–Crippen MR) is 97.8 cm³/mol. The molecule has 2 rings (SSSR count). The molecule has 1 amide bonds. The number of benzene rings is 1. The number of amides is 1. The van der Waals surface area contributed by atoms with Crippen LogP contribution < -0.4 is 15.8 Å². The third-order valence-electron chi connectivity index (χ3n) is 4.03. The van der Waals surface area contributed by atoms with E-state index in [9.17, 15) is 4.79 Å². The molecule has 0 bridgehead atoms. The summed E-state index contributed by atoms with van der Waals surface area (Å²) in [5, 5.41) is 2.85. The first-order valence-corrected chi connectivity index (χ1v) is 8.26. The van der Waals surface area contributed by atoms with Crippen molar-refractivity contribution in [2.24, 2.45) is 5.73 Å². The van der Waals surface area contributed by atoms with E-state index in [0.29, 0.717) is 19.7 Å². The maximum atomic E-state index is 12.0. The van der Waals surface area contributed by atoms with E-state index in [4.69, 9.17) is 15.2 Å². The van der Waals surface area contributed by atoms with Crippen LogP contribution in [0.2, 0.25) is 0 Å². The Morgan fingerprint density at radius 1 is 1.38 bits per heavy atom. The van der Waals surface area contributed by atoms with E-state index in [0.717, 1.165) is 18.6 Å². The van der Waals surface area contributed by atoms with Gasteiger partial charge in [0.2, 0.25) is 5.91 Å². The van der Waals surface area contributed by atoms with Gasteiger partial charge in [-0.3, -0.25) is 4.79 Å². The third kappa shape index (κ3) is 5.96. The second-order valence-corrected chi connectivity index (χ2v) is 6.98. The van der Waals surface area contributed by atoms with Crippen molar-refractivity contribution in [1.82, 2.24) is 5.32 Å². The summed E-state index contributed by atoms with van der Waals surface area (Å²) >= 11 is 0. The van der Waals surface area contributed by atoms with Gasteiger partial charge in [-0.1, -0.05) is 32.9 Å². The first-order chi connectivity index (χ1) is 10.9. The van der Waals surface area contributed by atoms with Crippen molar-refractivity contribution in [3.8, 4) is 5.75 Å². The lowest BCUT2D eigenvalue weighted by atomic mass is 9.87. The van der Waals surface area contributed by atoms with Crippen LogP contribution in [-0.2, 0) is 14.9 Å². The number of nitrogens with one attached hydrogen (secondary N) is 1. The Hall–Kier alpha value is -1.30. The van der Waals surface area contributed by atoms with E-state index in [1.165, 1.54) is 5.56 Å². The SMILES string of the molecule is CC(C)(C)c1cccc(OCCNC(=O)[C@@H]2CC[C@H](CN)O2)c1.Cl. The van der Waals surface area contributed by atoms with Gasteiger partial charge in [-0.25, -0.2) is 0 Å². The lowest BCUT2D eigenvalue weighted by molar-refractivity contribution is -0.131. The maximum Gasteiger partial charge on any atom is 0.249 e. The Balaban J connectivity index is 0.00000288. The van der Waals surface area contributed by atoms with Crippen molar-refractivity contribution in [3.63, 3.8) is 0 Å². The molecule has 24 heavy (non-hydrogen) atoms. The van der Waals surface area contributed by atoms with Crippen molar-refractivity contribution >= 4 is 18.3 Å². The molecule has 1 fully saturated rings. The number of rotatable bonds is 6. The van der Waals surface area contributed by atoms with Gasteiger partial charge in [-0.05, 0) is 36.0 Å². The summed E-state index contributed by atoms with van der Waals surface area (Å²) < 4.78 is 11.3. The predicted octanol–water partition coefficient (Wildman–Crippen LogP) is 2.41. The zero-order valence-electron chi connectivity index (χ0n) is 14.7. The smallest absolute Gasteiger partial charge is 0.249 e. The highest BCUT2D eigenvalue weighted by Gasteiger charge is 2.29. The van der Waals surface area contributed by atoms with Crippen LogP contribution in [0.4, 0.5) is 0 Å². The van der Waals surface area contributed by atoms with E-state index in [-0.39, 0.29) is 35.9 Å². The zero-order chi connectivity index (χ0) is 16.9. The summed E-state index contributed by atoms with van der Waals surface area (Å²) in [5.74, 6) is 0.750. The standard InChI is InChI=1S/C18H28N2O3.ClH/c1-18(2,3)13-5-4-6-14(11-13)22-10-9-20-17(21)16-8-7-15(12-19)23-16;/h4-6,11,15-16H,7-10,12,19H2,1-3H3,(H,20,21);1H/t15-,16+;/m1./s1. The number of nitrogens with two attached hydrogens (primary N) is 1. The molecular weight excluding hydrogens is 328 g/mol. The molecule has 136 valence electrons. The lowest BCUT2D eigenvalue weighted by Crippen LogP contribution is -2.37. The normalized spacial score (nSPS) is 20.3. The zero-order valence-corrected chi connectivity index (χ0v) is 15.5. The molecule has 2 atom stereocenters. The summed E-state index contributed by atoms with van der Waals surface area (Å²) in [6.45, 7) is 7.88. The minimum atomic E-state index is -0.368. The van der Waals surface area contributed by atoms with Gasteiger partial charge < -0.3 is 20.5 Å². The Morgan fingerprint density at radius 2 is 2.12 bits per heavy atom. The number of halogens is 1.